The Morgan fingerprint density at radius 1 is 1.12 bits per heavy atom. The lowest BCUT2D eigenvalue weighted by molar-refractivity contribution is -0.116. The van der Waals surface area contributed by atoms with Crippen molar-refractivity contribution in [2.24, 2.45) is 0 Å². The fourth-order valence-electron chi connectivity index (χ4n) is 3.11. The zero-order valence-electron chi connectivity index (χ0n) is 14.2. The van der Waals surface area contributed by atoms with Crippen molar-refractivity contribution in [3.05, 3.63) is 71.1 Å². The molecule has 0 atom stereocenters. The van der Waals surface area contributed by atoms with Gasteiger partial charge in [0, 0.05) is 12.5 Å². The van der Waals surface area contributed by atoms with E-state index in [9.17, 15) is 4.79 Å². The molecule has 0 saturated heterocycles. The molecule has 4 nitrogen and oxygen atoms in total. The highest BCUT2D eigenvalue weighted by Gasteiger charge is 2.18. The smallest absolute Gasteiger partial charge is 0.226 e. The van der Waals surface area contributed by atoms with E-state index >= 15 is 0 Å². The molecule has 0 N–H and O–H groups in total. The molecule has 1 aliphatic heterocycles. The van der Waals surface area contributed by atoms with Crippen LogP contribution in [0.4, 0.5) is 5.69 Å². The minimum Gasteiger partial charge on any atom is -0.441 e. The summed E-state index contributed by atoms with van der Waals surface area (Å²) in [7, 11) is 0. The average molecular weight is 330 g/mol. The highest BCUT2D eigenvalue weighted by Crippen LogP contribution is 2.31. The fraction of sp³-hybridized carbons (Fsp3) is 0.143. The number of aromatic nitrogens is 1. The van der Waals surface area contributed by atoms with Gasteiger partial charge in [0.25, 0.3) is 0 Å². The number of benzene rings is 2. The number of carbonyl (C=O) groups is 1. The molecule has 124 valence electrons. The predicted molar refractivity (Wildman–Crippen MR) is 98.9 cm³/mol. The van der Waals surface area contributed by atoms with E-state index in [-0.39, 0.29) is 5.91 Å². The molecule has 4 rings (SSSR count). The van der Waals surface area contributed by atoms with Gasteiger partial charge in [0.05, 0.1) is 18.4 Å². The van der Waals surface area contributed by atoms with Gasteiger partial charge in [-0.15, -0.1) is 0 Å². The van der Waals surface area contributed by atoms with Gasteiger partial charge in [-0.2, -0.15) is 0 Å². The summed E-state index contributed by atoms with van der Waals surface area (Å²) in [6.45, 7) is 4.02. The maximum atomic E-state index is 12.2. The third-order valence-electron chi connectivity index (χ3n) is 4.39. The number of aryl methyl sites for hydroxylation is 1. The van der Waals surface area contributed by atoms with E-state index in [1.807, 2.05) is 54.3 Å². The van der Waals surface area contributed by atoms with Crippen LogP contribution < -0.4 is 4.90 Å². The van der Waals surface area contributed by atoms with Crippen molar-refractivity contribution in [1.82, 2.24) is 4.98 Å². The first-order chi connectivity index (χ1) is 12.1. The quantitative estimate of drug-likeness (QED) is 0.650. The van der Waals surface area contributed by atoms with Gasteiger partial charge in [-0.05, 0) is 41.8 Å². The molecule has 1 amide bonds. The van der Waals surface area contributed by atoms with Crippen LogP contribution in [0.3, 0.4) is 0 Å². The summed E-state index contributed by atoms with van der Waals surface area (Å²) < 4.78 is 5.63. The zero-order valence-corrected chi connectivity index (χ0v) is 14.2. The number of carbonyl (C=O) groups excluding carboxylic acids is 1. The molecule has 2 heterocycles. The summed E-state index contributed by atoms with van der Waals surface area (Å²) >= 11 is 0. The lowest BCUT2D eigenvalue weighted by Crippen LogP contribution is -2.29. The minimum absolute atomic E-state index is 0.0288. The number of nitrogens with zero attached hydrogens (tertiary/aromatic N) is 2. The standard InChI is InChI=1S/C21H18N2O2/c1-14-12-22-21(25-14)18-9-10-19-13-23(15(2)24)20-6-4-3-5-16(20)7-8-17(19)11-18/h3-12H,13H2,1-2H3/b8-7-. The van der Waals surface area contributed by atoms with Crippen LogP contribution in [0, 0.1) is 6.92 Å². The van der Waals surface area contributed by atoms with Gasteiger partial charge >= 0.3 is 0 Å². The monoisotopic (exact) mass is 330 g/mol. The number of rotatable bonds is 1. The molecule has 3 aromatic rings. The summed E-state index contributed by atoms with van der Waals surface area (Å²) in [4.78, 5) is 18.3. The van der Waals surface area contributed by atoms with E-state index in [1.165, 1.54) is 0 Å². The van der Waals surface area contributed by atoms with Crippen LogP contribution in [0.5, 0.6) is 0 Å². The normalized spacial score (nSPS) is 14.2. The molecule has 0 spiro atoms. The van der Waals surface area contributed by atoms with Crippen molar-refractivity contribution < 1.29 is 9.21 Å². The molecule has 2 aromatic carbocycles. The molecule has 1 aromatic heterocycles. The van der Waals surface area contributed by atoms with Crippen molar-refractivity contribution in [2.45, 2.75) is 20.4 Å². The molecule has 1 aliphatic rings. The largest absolute Gasteiger partial charge is 0.441 e. The molecule has 4 heteroatoms. The van der Waals surface area contributed by atoms with Gasteiger partial charge in [-0.3, -0.25) is 4.79 Å². The Balaban J connectivity index is 1.83. The van der Waals surface area contributed by atoms with Crippen LogP contribution >= 0.6 is 0 Å². The first-order valence-corrected chi connectivity index (χ1v) is 8.23. The van der Waals surface area contributed by atoms with E-state index in [0.29, 0.717) is 12.4 Å². The summed E-state index contributed by atoms with van der Waals surface area (Å²) in [5.41, 5.74) is 5.05. The van der Waals surface area contributed by atoms with Crippen molar-refractivity contribution >= 4 is 23.7 Å². The molecule has 0 fully saturated rings. The summed E-state index contributed by atoms with van der Waals surface area (Å²) in [6, 6.07) is 14.0. The summed E-state index contributed by atoms with van der Waals surface area (Å²) in [5.74, 6) is 1.43. The maximum absolute atomic E-state index is 12.2. The number of fused-ring (bicyclic) bond motifs is 2. The van der Waals surface area contributed by atoms with E-state index in [4.69, 9.17) is 4.42 Å². The van der Waals surface area contributed by atoms with Crippen molar-refractivity contribution in [1.29, 1.82) is 0 Å². The second-order valence-electron chi connectivity index (χ2n) is 6.19. The molecule has 0 saturated carbocycles. The van der Waals surface area contributed by atoms with Gasteiger partial charge in [-0.25, -0.2) is 4.98 Å². The lowest BCUT2D eigenvalue weighted by atomic mass is 9.99. The average Bonchev–Trinajstić information content (AvgIpc) is 3.03. The van der Waals surface area contributed by atoms with E-state index in [0.717, 1.165) is 33.7 Å². The lowest BCUT2D eigenvalue weighted by Gasteiger charge is -2.26. The van der Waals surface area contributed by atoms with Crippen molar-refractivity contribution in [2.75, 3.05) is 4.90 Å². The third-order valence-corrected chi connectivity index (χ3v) is 4.39. The Bertz CT molecular complexity index is 985. The van der Waals surface area contributed by atoms with Gasteiger partial charge < -0.3 is 9.32 Å². The molecule has 0 radical (unpaired) electrons. The third kappa shape index (κ3) is 2.87. The topological polar surface area (TPSA) is 46.3 Å². The second-order valence-corrected chi connectivity index (χ2v) is 6.19. The van der Waals surface area contributed by atoms with Crippen LogP contribution in [0.2, 0.25) is 0 Å². The Hall–Kier alpha value is -3.14. The highest BCUT2D eigenvalue weighted by atomic mass is 16.4. The molecule has 0 unspecified atom stereocenters. The van der Waals surface area contributed by atoms with Crippen LogP contribution in [0.15, 0.2) is 53.1 Å². The molecule has 25 heavy (non-hydrogen) atoms. The number of amides is 1. The van der Waals surface area contributed by atoms with Crippen molar-refractivity contribution in [3.63, 3.8) is 0 Å². The Kier molecular flexibility index (Phi) is 3.73. The predicted octanol–water partition coefficient (Wildman–Crippen LogP) is 4.69. The van der Waals surface area contributed by atoms with E-state index < -0.39 is 0 Å². The van der Waals surface area contributed by atoms with Gasteiger partial charge in [-0.1, -0.05) is 36.4 Å². The zero-order chi connectivity index (χ0) is 17.4. The Labute approximate surface area is 146 Å². The molecule has 0 bridgehead atoms. The summed E-state index contributed by atoms with van der Waals surface area (Å²) in [5, 5.41) is 0. The Morgan fingerprint density at radius 3 is 2.68 bits per heavy atom. The number of hydrogen-bond donors (Lipinski definition) is 0. The molecular formula is C21H18N2O2. The molecule has 0 aliphatic carbocycles. The van der Waals surface area contributed by atoms with Crippen LogP contribution in [0.1, 0.15) is 29.4 Å². The number of anilines is 1. The van der Waals surface area contributed by atoms with Crippen LogP contribution in [-0.4, -0.2) is 10.9 Å². The number of para-hydroxylation sites is 1. The van der Waals surface area contributed by atoms with Crippen molar-refractivity contribution in [3.8, 4) is 11.5 Å². The fourth-order valence-corrected chi connectivity index (χ4v) is 3.11. The van der Waals surface area contributed by atoms with E-state index in [1.54, 1.807) is 13.1 Å². The SMILES string of the molecule is CC(=O)N1Cc2ccc(-c3ncc(C)o3)cc2/C=C\c2ccccc21. The van der Waals surface area contributed by atoms with E-state index in [2.05, 4.69) is 17.1 Å². The maximum Gasteiger partial charge on any atom is 0.226 e. The van der Waals surface area contributed by atoms with Crippen LogP contribution in [-0.2, 0) is 11.3 Å². The first kappa shape index (κ1) is 15.4. The van der Waals surface area contributed by atoms with Gasteiger partial charge in [0.15, 0.2) is 0 Å². The van der Waals surface area contributed by atoms with Gasteiger partial charge in [0.2, 0.25) is 11.8 Å². The van der Waals surface area contributed by atoms with Crippen LogP contribution in [0.25, 0.3) is 23.6 Å². The second kappa shape index (κ2) is 6.06. The van der Waals surface area contributed by atoms with Gasteiger partial charge in [0.1, 0.15) is 5.76 Å². The number of hydrogen-bond acceptors (Lipinski definition) is 3. The Morgan fingerprint density at radius 2 is 1.92 bits per heavy atom. The first-order valence-electron chi connectivity index (χ1n) is 8.23. The molecular weight excluding hydrogens is 312 g/mol. The summed E-state index contributed by atoms with van der Waals surface area (Å²) in [6.07, 6.45) is 5.86. The highest BCUT2D eigenvalue weighted by molar-refractivity contribution is 5.95. The minimum atomic E-state index is 0.0288. The number of oxazole rings is 1.